The average molecular weight is 398 g/mol. The molecular formula is C20H29F3N4O. The lowest BCUT2D eigenvalue weighted by atomic mass is 9.90. The van der Waals surface area contributed by atoms with Gasteiger partial charge in [0.2, 0.25) is 5.88 Å². The maximum Gasteiger partial charge on any atom is 0.409 e. The summed E-state index contributed by atoms with van der Waals surface area (Å²) >= 11 is 0. The van der Waals surface area contributed by atoms with E-state index in [9.17, 15) is 13.2 Å². The molecule has 156 valence electrons. The first-order chi connectivity index (χ1) is 13.0. The fourth-order valence-corrected chi connectivity index (χ4v) is 2.65. The van der Waals surface area contributed by atoms with E-state index in [-0.39, 0.29) is 18.2 Å². The molecule has 0 fully saturated rings. The van der Waals surface area contributed by atoms with Crippen LogP contribution in [0.1, 0.15) is 45.5 Å². The summed E-state index contributed by atoms with van der Waals surface area (Å²) in [4.78, 5) is 12.5. The lowest BCUT2D eigenvalue weighted by molar-refractivity contribution is -0.198. The standard InChI is InChI=1S/C18H23F3N4O.C2H6/c1-11(2)8-17(22,18(19,20)21)10-26-16-12(3)7-14(9-24-16)15-5-6-23-13(4)25-15;1-2/h5-7,9,11H,8,10,22H2,1-4H3;1-2H3. The number of alkyl halides is 3. The third-order valence-corrected chi connectivity index (χ3v) is 3.91. The van der Waals surface area contributed by atoms with Gasteiger partial charge in [0.25, 0.3) is 0 Å². The second-order valence-electron chi connectivity index (χ2n) is 6.88. The molecular weight excluding hydrogens is 369 g/mol. The highest BCUT2D eigenvalue weighted by molar-refractivity contribution is 5.59. The van der Waals surface area contributed by atoms with Crippen LogP contribution in [0.25, 0.3) is 11.3 Å². The summed E-state index contributed by atoms with van der Waals surface area (Å²) in [6.07, 6.45) is -1.65. The van der Waals surface area contributed by atoms with Crippen LogP contribution >= 0.6 is 0 Å². The van der Waals surface area contributed by atoms with Crippen molar-refractivity contribution in [2.45, 2.75) is 59.7 Å². The van der Waals surface area contributed by atoms with E-state index in [4.69, 9.17) is 10.5 Å². The highest BCUT2D eigenvalue weighted by Gasteiger charge is 2.52. The lowest BCUT2D eigenvalue weighted by Gasteiger charge is -2.33. The summed E-state index contributed by atoms with van der Waals surface area (Å²) < 4.78 is 45.4. The first-order valence-electron chi connectivity index (χ1n) is 9.27. The van der Waals surface area contributed by atoms with Gasteiger partial charge in [-0.2, -0.15) is 13.2 Å². The van der Waals surface area contributed by atoms with Gasteiger partial charge in [0.1, 0.15) is 18.0 Å². The minimum absolute atomic E-state index is 0.127. The quantitative estimate of drug-likeness (QED) is 0.752. The van der Waals surface area contributed by atoms with E-state index in [1.54, 1.807) is 46.0 Å². The molecule has 5 nitrogen and oxygen atoms in total. The highest BCUT2D eigenvalue weighted by atomic mass is 19.4. The van der Waals surface area contributed by atoms with Gasteiger partial charge in [0, 0.05) is 23.5 Å². The van der Waals surface area contributed by atoms with Gasteiger partial charge in [-0.1, -0.05) is 27.7 Å². The zero-order valence-electron chi connectivity index (χ0n) is 17.3. The van der Waals surface area contributed by atoms with Crippen molar-refractivity contribution in [3.63, 3.8) is 0 Å². The van der Waals surface area contributed by atoms with Crippen LogP contribution in [0.3, 0.4) is 0 Å². The smallest absolute Gasteiger partial charge is 0.409 e. The number of hydrogen-bond donors (Lipinski definition) is 1. The molecule has 0 bridgehead atoms. The Hall–Kier alpha value is -2.22. The predicted molar refractivity (Wildman–Crippen MR) is 104 cm³/mol. The molecule has 2 N–H and O–H groups in total. The summed E-state index contributed by atoms with van der Waals surface area (Å²) in [6, 6.07) is 3.50. The van der Waals surface area contributed by atoms with Crippen LogP contribution in [0.2, 0.25) is 0 Å². The van der Waals surface area contributed by atoms with Gasteiger partial charge in [-0.25, -0.2) is 15.0 Å². The zero-order valence-corrected chi connectivity index (χ0v) is 17.3. The Morgan fingerprint density at radius 1 is 1.14 bits per heavy atom. The summed E-state index contributed by atoms with van der Waals surface area (Å²) in [6.45, 7) is 10.2. The molecule has 1 unspecified atom stereocenters. The molecule has 0 aliphatic heterocycles. The van der Waals surface area contributed by atoms with E-state index in [1.165, 1.54) is 6.20 Å². The largest absolute Gasteiger partial charge is 0.475 e. The van der Waals surface area contributed by atoms with Gasteiger partial charge in [-0.15, -0.1) is 0 Å². The van der Waals surface area contributed by atoms with Crippen molar-refractivity contribution in [2.75, 3.05) is 6.61 Å². The Morgan fingerprint density at radius 3 is 2.29 bits per heavy atom. The summed E-state index contributed by atoms with van der Waals surface area (Å²) in [5, 5.41) is 0. The average Bonchev–Trinajstić information content (AvgIpc) is 2.61. The molecule has 0 radical (unpaired) electrons. The van der Waals surface area contributed by atoms with Gasteiger partial charge >= 0.3 is 6.18 Å². The third-order valence-electron chi connectivity index (χ3n) is 3.91. The van der Waals surface area contributed by atoms with Crippen molar-refractivity contribution >= 4 is 0 Å². The molecule has 0 saturated heterocycles. The number of aromatic nitrogens is 3. The van der Waals surface area contributed by atoms with Crippen LogP contribution in [0, 0.1) is 19.8 Å². The third kappa shape index (κ3) is 6.15. The first kappa shape index (κ1) is 23.8. The summed E-state index contributed by atoms with van der Waals surface area (Å²) in [7, 11) is 0. The van der Waals surface area contributed by atoms with Gasteiger partial charge in [-0.3, -0.25) is 0 Å². The minimum atomic E-state index is -4.57. The van der Waals surface area contributed by atoms with E-state index in [0.717, 1.165) is 5.56 Å². The van der Waals surface area contributed by atoms with E-state index in [0.29, 0.717) is 17.1 Å². The van der Waals surface area contributed by atoms with Gasteiger partial charge in [0.15, 0.2) is 0 Å². The topological polar surface area (TPSA) is 73.9 Å². The molecule has 2 rings (SSSR count). The highest BCUT2D eigenvalue weighted by Crippen LogP contribution is 2.34. The van der Waals surface area contributed by atoms with E-state index >= 15 is 0 Å². The first-order valence-corrected chi connectivity index (χ1v) is 9.27. The molecule has 8 heteroatoms. The molecule has 2 aromatic rings. The maximum absolute atomic E-state index is 13.4. The number of hydrogen-bond acceptors (Lipinski definition) is 5. The molecule has 28 heavy (non-hydrogen) atoms. The summed E-state index contributed by atoms with van der Waals surface area (Å²) in [5.74, 6) is 0.525. The van der Waals surface area contributed by atoms with Gasteiger partial charge in [-0.05, 0) is 38.3 Å². The molecule has 2 heterocycles. The fraction of sp³-hybridized carbons (Fsp3) is 0.550. The molecule has 1 atom stereocenters. The molecule has 0 saturated carbocycles. The number of nitrogens with two attached hydrogens (primary N) is 1. The number of aryl methyl sites for hydroxylation is 2. The Kier molecular flexibility index (Phi) is 8.35. The normalized spacial score (nSPS) is 13.5. The second kappa shape index (κ2) is 9.82. The van der Waals surface area contributed by atoms with E-state index in [1.807, 2.05) is 13.8 Å². The molecule has 0 aliphatic rings. The van der Waals surface area contributed by atoms with Crippen LogP contribution in [0.4, 0.5) is 13.2 Å². The van der Waals surface area contributed by atoms with Crippen molar-refractivity contribution in [2.24, 2.45) is 11.7 Å². The van der Waals surface area contributed by atoms with Crippen molar-refractivity contribution in [3.8, 4) is 17.1 Å². The number of rotatable bonds is 6. The van der Waals surface area contributed by atoms with Crippen LogP contribution in [-0.4, -0.2) is 33.3 Å². The Balaban J connectivity index is 0.00000190. The predicted octanol–water partition coefficient (Wildman–Crippen LogP) is 4.87. The maximum atomic E-state index is 13.4. The minimum Gasteiger partial charge on any atom is -0.475 e. The molecule has 0 aliphatic carbocycles. The molecule has 0 spiro atoms. The number of pyridine rings is 1. The Morgan fingerprint density at radius 2 is 1.79 bits per heavy atom. The van der Waals surface area contributed by atoms with E-state index in [2.05, 4.69) is 15.0 Å². The second-order valence-corrected chi connectivity index (χ2v) is 6.88. The van der Waals surface area contributed by atoms with Crippen LogP contribution in [-0.2, 0) is 0 Å². The van der Waals surface area contributed by atoms with Crippen molar-refractivity contribution in [1.82, 2.24) is 15.0 Å². The lowest BCUT2D eigenvalue weighted by Crippen LogP contribution is -2.58. The van der Waals surface area contributed by atoms with Crippen LogP contribution < -0.4 is 10.5 Å². The Labute approximate surface area is 164 Å². The van der Waals surface area contributed by atoms with Crippen molar-refractivity contribution < 1.29 is 17.9 Å². The number of nitrogens with zero attached hydrogens (tertiary/aromatic N) is 3. The Bertz CT molecular complexity index is 765. The van der Waals surface area contributed by atoms with Crippen molar-refractivity contribution in [1.29, 1.82) is 0 Å². The SMILES string of the molecule is CC.Cc1nccc(-c2cnc(OCC(N)(CC(C)C)C(F)(F)F)c(C)c2)n1. The van der Waals surface area contributed by atoms with Gasteiger partial charge in [0.05, 0.1) is 5.69 Å². The molecule has 0 amide bonds. The van der Waals surface area contributed by atoms with Crippen molar-refractivity contribution in [3.05, 3.63) is 35.9 Å². The fourth-order valence-electron chi connectivity index (χ4n) is 2.65. The number of ether oxygens (including phenoxy) is 1. The number of halogens is 3. The van der Waals surface area contributed by atoms with Crippen LogP contribution in [0.5, 0.6) is 5.88 Å². The zero-order chi connectivity index (χ0) is 21.5. The van der Waals surface area contributed by atoms with Gasteiger partial charge < -0.3 is 10.5 Å². The monoisotopic (exact) mass is 398 g/mol. The molecule has 2 aromatic heterocycles. The van der Waals surface area contributed by atoms with E-state index < -0.39 is 18.3 Å². The summed E-state index contributed by atoms with van der Waals surface area (Å²) in [5.41, 5.74) is 5.22. The molecule has 0 aromatic carbocycles. The van der Waals surface area contributed by atoms with Crippen LogP contribution in [0.15, 0.2) is 24.5 Å².